The predicted molar refractivity (Wildman–Crippen MR) is 66.0 cm³/mol. The van der Waals surface area contributed by atoms with Crippen LogP contribution in [0.2, 0.25) is 0 Å². The van der Waals surface area contributed by atoms with Crippen LogP contribution in [0.25, 0.3) is 16.9 Å². The summed E-state index contributed by atoms with van der Waals surface area (Å²) in [7, 11) is 0. The van der Waals surface area contributed by atoms with Crippen LogP contribution in [0, 0.1) is 11.6 Å². The Hall–Kier alpha value is -1.82. The van der Waals surface area contributed by atoms with Gasteiger partial charge < -0.3 is 0 Å². The lowest BCUT2D eigenvalue weighted by molar-refractivity contribution is 0.509. The fourth-order valence-corrected chi connectivity index (χ4v) is 2.20. The number of fused-ring (bicyclic) bond motifs is 1. The summed E-state index contributed by atoms with van der Waals surface area (Å²) in [5.74, 6) is -1.24. The molecule has 0 spiro atoms. The minimum atomic E-state index is -0.894. The third-order valence-electron chi connectivity index (χ3n) is 2.58. The van der Waals surface area contributed by atoms with E-state index in [-0.39, 0.29) is 0 Å². The second kappa shape index (κ2) is 4.13. The van der Waals surface area contributed by atoms with E-state index in [4.69, 9.17) is 0 Å². The number of nitrogens with zero attached hydrogens (tertiary/aromatic N) is 3. The number of benzene rings is 1. The molecular formula is C12H6BrF2N3. The van der Waals surface area contributed by atoms with Crippen molar-refractivity contribution in [3.05, 3.63) is 53.0 Å². The van der Waals surface area contributed by atoms with Gasteiger partial charge in [0, 0.05) is 18.0 Å². The Kier molecular flexibility index (Phi) is 2.59. The van der Waals surface area contributed by atoms with Crippen LogP contribution in [-0.4, -0.2) is 14.4 Å². The molecule has 3 nitrogen and oxygen atoms in total. The average Bonchev–Trinajstić information content (AvgIpc) is 2.71. The summed E-state index contributed by atoms with van der Waals surface area (Å²) in [4.78, 5) is 8.27. The van der Waals surface area contributed by atoms with Gasteiger partial charge in [0.1, 0.15) is 10.4 Å². The van der Waals surface area contributed by atoms with Crippen molar-refractivity contribution in [3.63, 3.8) is 0 Å². The lowest BCUT2D eigenvalue weighted by atomic mass is 10.2. The highest BCUT2D eigenvalue weighted by atomic mass is 79.9. The quantitative estimate of drug-likeness (QED) is 0.689. The molecule has 0 radical (unpaired) electrons. The fourth-order valence-electron chi connectivity index (χ4n) is 1.74. The van der Waals surface area contributed by atoms with Crippen LogP contribution in [0.5, 0.6) is 0 Å². The lowest BCUT2D eigenvalue weighted by Gasteiger charge is -2.01. The Labute approximate surface area is 109 Å². The number of hydrogen-bond donors (Lipinski definition) is 0. The zero-order valence-corrected chi connectivity index (χ0v) is 10.5. The van der Waals surface area contributed by atoms with E-state index >= 15 is 0 Å². The van der Waals surface area contributed by atoms with Gasteiger partial charge in [-0.05, 0) is 34.1 Å². The fraction of sp³-hybridized carbons (Fsp3) is 0. The lowest BCUT2D eigenvalue weighted by Crippen LogP contribution is -1.91. The van der Waals surface area contributed by atoms with E-state index in [0.717, 1.165) is 17.6 Å². The van der Waals surface area contributed by atoms with Crippen molar-refractivity contribution >= 4 is 21.4 Å². The van der Waals surface area contributed by atoms with Crippen molar-refractivity contribution in [1.29, 1.82) is 0 Å². The van der Waals surface area contributed by atoms with Crippen LogP contribution >= 0.6 is 15.9 Å². The Morgan fingerprint density at radius 1 is 1.17 bits per heavy atom. The molecule has 0 aliphatic heterocycles. The summed E-state index contributed by atoms with van der Waals surface area (Å²) in [5.41, 5.74) is 1.26. The molecule has 0 N–H and O–H groups in total. The monoisotopic (exact) mass is 309 g/mol. The highest BCUT2D eigenvalue weighted by Gasteiger charge is 2.12. The van der Waals surface area contributed by atoms with Crippen molar-refractivity contribution in [2.45, 2.75) is 0 Å². The van der Waals surface area contributed by atoms with Gasteiger partial charge in [-0.1, -0.05) is 0 Å². The molecule has 0 saturated carbocycles. The number of rotatable bonds is 1. The Morgan fingerprint density at radius 3 is 2.78 bits per heavy atom. The third kappa shape index (κ3) is 1.69. The van der Waals surface area contributed by atoms with Gasteiger partial charge in [-0.2, -0.15) is 0 Å². The van der Waals surface area contributed by atoms with Crippen LogP contribution in [0.3, 0.4) is 0 Å². The van der Waals surface area contributed by atoms with E-state index in [2.05, 4.69) is 25.9 Å². The van der Waals surface area contributed by atoms with Crippen molar-refractivity contribution in [2.75, 3.05) is 0 Å². The number of halogens is 3. The third-order valence-corrected chi connectivity index (χ3v) is 3.16. The first kappa shape index (κ1) is 11.3. The molecule has 0 aliphatic rings. The van der Waals surface area contributed by atoms with E-state index < -0.39 is 11.6 Å². The summed E-state index contributed by atoms with van der Waals surface area (Å²) >= 11 is 3.31. The molecule has 0 unspecified atom stereocenters. The van der Waals surface area contributed by atoms with Crippen molar-refractivity contribution in [2.24, 2.45) is 0 Å². The average molecular weight is 310 g/mol. The first-order chi connectivity index (χ1) is 8.66. The molecule has 18 heavy (non-hydrogen) atoms. The van der Waals surface area contributed by atoms with Gasteiger partial charge in [0.15, 0.2) is 11.6 Å². The predicted octanol–water partition coefficient (Wildman–Crippen LogP) is 3.44. The molecule has 1 aromatic carbocycles. The number of hydrogen-bond acceptors (Lipinski definition) is 2. The Bertz CT molecular complexity index is 739. The molecule has 0 aliphatic carbocycles. The molecule has 2 heterocycles. The Morgan fingerprint density at radius 2 is 2.00 bits per heavy atom. The van der Waals surface area contributed by atoms with Crippen LogP contribution in [0.15, 0.2) is 41.4 Å². The molecule has 0 atom stereocenters. The van der Waals surface area contributed by atoms with E-state index in [1.165, 1.54) is 6.07 Å². The number of imidazole rings is 1. The first-order valence-corrected chi connectivity index (χ1v) is 5.89. The van der Waals surface area contributed by atoms with Crippen LogP contribution < -0.4 is 0 Å². The normalized spacial score (nSPS) is 11.1. The summed E-state index contributed by atoms with van der Waals surface area (Å²) in [6, 6.07) is 3.69. The summed E-state index contributed by atoms with van der Waals surface area (Å²) < 4.78 is 28.5. The maximum absolute atomic E-state index is 13.2. The summed E-state index contributed by atoms with van der Waals surface area (Å²) in [6.45, 7) is 0. The van der Waals surface area contributed by atoms with Crippen molar-refractivity contribution in [3.8, 4) is 11.4 Å². The molecular weight excluding hydrogens is 304 g/mol. The molecule has 6 heteroatoms. The minimum absolute atomic E-state index is 0.501. The zero-order valence-electron chi connectivity index (χ0n) is 8.94. The van der Waals surface area contributed by atoms with E-state index in [1.54, 1.807) is 23.0 Å². The summed E-state index contributed by atoms with van der Waals surface area (Å²) in [5, 5.41) is 0. The van der Waals surface area contributed by atoms with Crippen LogP contribution in [-0.2, 0) is 0 Å². The maximum atomic E-state index is 13.2. The molecule has 0 bridgehead atoms. The van der Waals surface area contributed by atoms with E-state index in [1.807, 2.05) is 0 Å². The molecule has 2 aromatic heterocycles. The molecule has 90 valence electrons. The van der Waals surface area contributed by atoms with Gasteiger partial charge in [0.2, 0.25) is 0 Å². The van der Waals surface area contributed by atoms with Crippen LogP contribution in [0.4, 0.5) is 8.78 Å². The van der Waals surface area contributed by atoms with Gasteiger partial charge in [-0.3, -0.25) is 9.38 Å². The zero-order chi connectivity index (χ0) is 12.7. The van der Waals surface area contributed by atoms with Crippen LogP contribution in [0.1, 0.15) is 0 Å². The highest BCUT2D eigenvalue weighted by molar-refractivity contribution is 9.10. The summed E-state index contributed by atoms with van der Waals surface area (Å²) in [6.07, 6.45) is 4.95. The maximum Gasteiger partial charge on any atom is 0.159 e. The SMILES string of the molecule is Fc1ccc(-c2nc(Br)c3cnccn23)cc1F. The standard InChI is InChI=1S/C12H6BrF2N3/c13-11-10-6-16-3-4-18(10)12(17-11)7-1-2-8(14)9(15)5-7/h1-6H. The molecule has 3 aromatic rings. The second-order valence-corrected chi connectivity index (χ2v) is 4.44. The minimum Gasteiger partial charge on any atom is -0.296 e. The van der Waals surface area contributed by atoms with E-state index in [0.29, 0.717) is 16.0 Å². The van der Waals surface area contributed by atoms with E-state index in [9.17, 15) is 8.78 Å². The molecule has 0 saturated heterocycles. The topological polar surface area (TPSA) is 30.2 Å². The molecule has 0 fully saturated rings. The van der Waals surface area contributed by atoms with Crippen molar-refractivity contribution < 1.29 is 8.78 Å². The first-order valence-electron chi connectivity index (χ1n) is 5.10. The Balaban J connectivity index is 2.28. The smallest absolute Gasteiger partial charge is 0.159 e. The van der Waals surface area contributed by atoms with Gasteiger partial charge >= 0.3 is 0 Å². The van der Waals surface area contributed by atoms with Crippen molar-refractivity contribution in [1.82, 2.24) is 14.4 Å². The number of aromatic nitrogens is 3. The van der Waals surface area contributed by atoms with Gasteiger partial charge in [0.05, 0.1) is 11.7 Å². The van der Waals surface area contributed by atoms with Gasteiger partial charge in [-0.25, -0.2) is 13.8 Å². The largest absolute Gasteiger partial charge is 0.296 e. The van der Waals surface area contributed by atoms with Gasteiger partial charge in [0.25, 0.3) is 0 Å². The molecule has 3 rings (SSSR count). The second-order valence-electron chi connectivity index (χ2n) is 3.69. The highest BCUT2D eigenvalue weighted by Crippen LogP contribution is 2.26. The molecule has 0 amide bonds. The van der Waals surface area contributed by atoms with Gasteiger partial charge in [-0.15, -0.1) is 0 Å².